The molecular weight excluding hydrogens is 252 g/mol. The fourth-order valence-corrected chi connectivity index (χ4v) is 1.89. The van der Waals surface area contributed by atoms with E-state index in [2.05, 4.69) is 13.8 Å². The van der Waals surface area contributed by atoms with Crippen LogP contribution in [0, 0.1) is 6.42 Å². The predicted molar refractivity (Wildman–Crippen MR) is 85.0 cm³/mol. The Morgan fingerprint density at radius 3 is 2.20 bits per heavy atom. The van der Waals surface area contributed by atoms with Crippen LogP contribution in [0.2, 0.25) is 0 Å². The van der Waals surface area contributed by atoms with Gasteiger partial charge in [-0.15, -0.1) is 0 Å². The molecule has 0 bridgehead atoms. The van der Waals surface area contributed by atoms with Crippen molar-refractivity contribution in [2.45, 2.75) is 78.4 Å². The smallest absolute Gasteiger partial charge is 0.0781 e. The lowest BCUT2D eigenvalue weighted by Crippen LogP contribution is -2.23. The van der Waals surface area contributed by atoms with Crippen LogP contribution >= 0.6 is 0 Å². The summed E-state index contributed by atoms with van der Waals surface area (Å²) in [6.45, 7) is 11.2. The first-order chi connectivity index (χ1) is 9.70. The van der Waals surface area contributed by atoms with E-state index in [-0.39, 0.29) is 12.2 Å². The monoisotopic (exact) mass is 287 g/mol. The van der Waals surface area contributed by atoms with E-state index < -0.39 is 0 Å². The Bertz CT molecular complexity index is 185. The summed E-state index contributed by atoms with van der Waals surface area (Å²) in [6.07, 6.45) is 10.1. The molecule has 3 nitrogen and oxygen atoms in total. The quantitative estimate of drug-likeness (QED) is 0.418. The van der Waals surface area contributed by atoms with Crippen LogP contribution in [0.1, 0.15) is 66.2 Å². The van der Waals surface area contributed by atoms with Gasteiger partial charge in [0.1, 0.15) is 0 Å². The molecule has 0 fully saturated rings. The minimum atomic E-state index is 0.145. The second kappa shape index (κ2) is 15.3. The molecule has 0 aliphatic heterocycles. The van der Waals surface area contributed by atoms with E-state index in [0.717, 1.165) is 6.61 Å². The van der Waals surface area contributed by atoms with Crippen molar-refractivity contribution >= 4 is 0 Å². The van der Waals surface area contributed by atoms with Gasteiger partial charge < -0.3 is 14.2 Å². The van der Waals surface area contributed by atoms with Crippen molar-refractivity contribution in [2.75, 3.05) is 26.4 Å². The van der Waals surface area contributed by atoms with Crippen molar-refractivity contribution in [1.29, 1.82) is 0 Å². The van der Waals surface area contributed by atoms with Crippen LogP contribution in [0.15, 0.2) is 0 Å². The third-order valence-corrected chi connectivity index (χ3v) is 3.16. The fraction of sp³-hybridized carbons (Fsp3) is 0.941. The molecule has 0 spiro atoms. The van der Waals surface area contributed by atoms with Gasteiger partial charge in [0.25, 0.3) is 0 Å². The lowest BCUT2D eigenvalue weighted by Gasteiger charge is -2.17. The maximum Gasteiger partial charge on any atom is 0.0781 e. The Morgan fingerprint density at radius 1 is 0.850 bits per heavy atom. The minimum Gasteiger partial charge on any atom is -0.379 e. The highest BCUT2D eigenvalue weighted by Gasteiger charge is 2.06. The lowest BCUT2D eigenvalue weighted by atomic mass is 10.1. The topological polar surface area (TPSA) is 27.7 Å². The first kappa shape index (κ1) is 19.9. The lowest BCUT2D eigenvalue weighted by molar-refractivity contribution is -0.0537. The first-order valence-electron chi connectivity index (χ1n) is 8.29. The van der Waals surface area contributed by atoms with Crippen molar-refractivity contribution in [1.82, 2.24) is 0 Å². The van der Waals surface area contributed by atoms with E-state index in [1.54, 1.807) is 0 Å². The van der Waals surface area contributed by atoms with Gasteiger partial charge in [0.05, 0.1) is 25.4 Å². The fourth-order valence-electron chi connectivity index (χ4n) is 1.89. The van der Waals surface area contributed by atoms with Gasteiger partial charge in [-0.1, -0.05) is 46.0 Å². The number of hydrogen-bond donors (Lipinski definition) is 0. The standard InChI is InChI=1S/C17H35O3/c1-5-7-8-9-10-11-13-18-14-16(3)20-15-17(4)19-12-6-2/h6,16-17H,5,7-15H2,1-4H3. The predicted octanol–water partition coefficient (Wildman–Crippen LogP) is 4.40. The second-order valence-electron chi connectivity index (χ2n) is 5.54. The molecule has 121 valence electrons. The molecular formula is C17H35O3. The summed E-state index contributed by atoms with van der Waals surface area (Å²) < 4.78 is 16.8. The highest BCUT2D eigenvalue weighted by atomic mass is 16.6. The average Bonchev–Trinajstić information content (AvgIpc) is 2.45. The molecule has 1 radical (unpaired) electrons. The molecule has 0 aliphatic carbocycles. The van der Waals surface area contributed by atoms with E-state index in [1.807, 2.05) is 20.3 Å². The van der Waals surface area contributed by atoms with E-state index in [1.165, 1.54) is 38.5 Å². The molecule has 3 heteroatoms. The summed E-state index contributed by atoms with van der Waals surface area (Å²) in [4.78, 5) is 0. The summed E-state index contributed by atoms with van der Waals surface area (Å²) in [5, 5.41) is 0. The Balaban J connectivity index is 3.25. The van der Waals surface area contributed by atoms with E-state index in [4.69, 9.17) is 14.2 Å². The third-order valence-electron chi connectivity index (χ3n) is 3.16. The molecule has 2 unspecified atom stereocenters. The summed E-state index contributed by atoms with van der Waals surface area (Å²) >= 11 is 0. The number of hydrogen-bond acceptors (Lipinski definition) is 3. The SMILES string of the molecule is C[CH]COC(C)COC(C)COCCCCCCCC. The van der Waals surface area contributed by atoms with E-state index >= 15 is 0 Å². The van der Waals surface area contributed by atoms with Crippen LogP contribution in [0.4, 0.5) is 0 Å². The second-order valence-corrected chi connectivity index (χ2v) is 5.54. The first-order valence-corrected chi connectivity index (χ1v) is 8.29. The molecule has 0 aromatic rings. The highest BCUT2D eigenvalue weighted by molar-refractivity contribution is 4.57. The van der Waals surface area contributed by atoms with Crippen molar-refractivity contribution in [3.63, 3.8) is 0 Å². The average molecular weight is 287 g/mol. The van der Waals surface area contributed by atoms with Crippen LogP contribution in [0.25, 0.3) is 0 Å². The zero-order chi connectivity index (χ0) is 15.1. The van der Waals surface area contributed by atoms with Gasteiger partial charge in [-0.3, -0.25) is 0 Å². The molecule has 0 aromatic heterocycles. The van der Waals surface area contributed by atoms with Crippen molar-refractivity contribution < 1.29 is 14.2 Å². The molecule has 0 aliphatic rings. The Hall–Kier alpha value is -0.120. The summed E-state index contributed by atoms with van der Waals surface area (Å²) in [7, 11) is 0. The van der Waals surface area contributed by atoms with Crippen LogP contribution < -0.4 is 0 Å². The molecule has 20 heavy (non-hydrogen) atoms. The van der Waals surface area contributed by atoms with E-state index in [9.17, 15) is 0 Å². The van der Waals surface area contributed by atoms with Gasteiger partial charge in [-0.2, -0.15) is 0 Å². The van der Waals surface area contributed by atoms with Crippen LogP contribution in [-0.4, -0.2) is 38.6 Å². The molecule has 0 rings (SSSR count). The molecule has 0 saturated carbocycles. The van der Waals surface area contributed by atoms with Crippen LogP contribution in [0.3, 0.4) is 0 Å². The zero-order valence-electron chi connectivity index (χ0n) is 14.0. The number of rotatable bonds is 15. The maximum atomic E-state index is 5.70. The van der Waals surface area contributed by atoms with Gasteiger partial charge in [0.2, 0.25) is 0 Å². The summed E-state index contributed by atoms with van der Waals surface area (Å²) in [6, 6.07) is 0. The zero-order valence-corrected chi connectivity index (χ0v) is 14.0. The molecule has 0 N–H and O–H groups in total. The Kier molecular flexibility index (Phi) is 15.2. The Morgan fingerprint density at radius 2 is 1.50 bits per heavy atom. The van der Waals surface area contributed by atoms with Crippen molar-refractivity contribution in [2.24, 2.45) is 0 Å². The van der Waals surface area contributed by atoms with Crippen LogP contribution in [0.5, 0.6) is 0 Å². The molecule has 2 atom stereocenters. The molecule has 0 amide bonds. The van der Waals surface area contributed by atoms with Gasteiger partial charge >= 0.3 is 0 Å². The highest BCUT2D eigenvalue weighted by Crippen LogP contribution is 2.05. The van der Waals surface area contributed by atoms with Crippen molar-refractivity contribution in [3.05, 3.63) is 6.42 Å². The minimum absolute atomic E-state index is 0.145. The van der Waals surface area contributed by atoms with Crippen LogP contribution in [-0.2, 0) is 14.2 Å². The summed E-state index contributed by atoms with van der Waals surface area (Å²) in [5.74, 6) is 0. The summed E-state index contributed by atoms with van der Waals surface area (Å²) in [5.41, 5.74) is 0. The molecule has 0 saturated heterocycles. The molecule has 0 heterocycles. The number of unbranched alkanes of at least 4 members (excludes halogenated alkanes) is 5. The normalized spacial score (nSPS) is 14.4. The largest absolute Gasteiger partial charge is 0.379 e. The third kappa shape index (κ3) is 14.3. The van der Waals surface area contributed by atoms with Gasteiger partial charge in [-0.05, 0) is 26.7 Å². The van der Waals surface area contributed by atoms with Crippen molar-refractivity contribution in [3.8, 4) is 0 Å². The number of ether oxygens (including phenoxy) is 3. The Labute approximate surface area is 126 Å². The van der Waals surface area contributed by atoms with Gasteiger partial charge in [0, 0.05) is 13.2 Å². The van der Waals surface area contributed by atoms with E-state index in [0.29, 0.717) is 19.8 Å². The molecule has 0 aromatic carbocycles. The van der Waals surface area contributed by atoms with Gasteiger partial charge in [-0.25, -0.2) is 0 Å². The van der Waals surface area contributed by atoms with Gasteiger partial charge in [0.15, 0.2) is 0 Å². The maximum absolute atomic E-state index is 5.70.